The molecule has 3 rings (SSSR count). The van der Waals surface area contributed by atoms with Crippen molar-refractivity contribution >= 4 is 11.9 Å². The summed E-state index contributed by atoms with van der Waals surface area (Å²) in [4.78, 5) is 31.7. The number of fused-ring (bicyclic) bond motifs is 1. The second-order valence-corrected chi connectivity index (χ2v) is 6.17. The van der Waals surface area contributed by atoms with Crippen LogP contribution in [-0.4, -0.2) is 41.5 Å². The van der Waals surface area contributed by atoms with E-state index in [1.54, 1.807) is 36.2 Å². The molecule has 2 atom stereocenters. The number of rotatable bonds is 6. The lowest BCUT2D eigenvalue weighted by Gasteiger charge is -2.29. The summed E-state index contributed by atoms with van der Waals surface area (Å²) in [7, 11) is 1.52. The quantitative estimate of drug-likeness (QED) is 0.746. The first-order valence-corrected chi connectivity index (χ1v) is 8.64. The van der Waals surface area contributed by atoms with Crippen LogP contribution in [0.3, 0.4) is 0 Å². The van der Waals surface area contributed by atoms with E-state index >= 15 is 0 Å². The molecule has 1 aliphatic rings. The van der Waals surface area contributed by atoms with Crippen molar-refractivity contribution in [3.8, 4) is 5.75 Å². The Morgan fingerprint density at radius 2 is 2.08 bits per heavy atom. The van der Waals surface area contributed by atoms with Crippen molar-refractivity contribution in [3.63, 3.8) is 0 Å². The highest BCUT2D eigenvalue weighted by molar-refractivity contribution is 6.06. The molecule has 136 valence electrons. The van der Waals surface area contributed by atoms with Gasteiger partial charge in [-0.25, -0.2) is 4.79 Å². The van der Waals surface area contributed by atoms with E-state index < -0.39 is 12.0 Å². The third-order valence-electron chi connectivity index (χ3n) is 4.51. The molecule has 1 aliphatic heterocycles. The monoisotopic (exact) mass is 354 g/mol. The average molecular weight is 354 g/mol. The number of nitrogens with zero attached hydrogens (tertiary/aromatic N) is 2. The van der Waals surface area contributed by atoms with Gasteiger partial charge in [0, 0.05) is 29.9 Å². The largest absolute Gasteiger partial charge is 0.496 e. The molecule has 6 heteroatoms. The molecule has 1 aromatic carbocycles. The van der Waals surface area contributed by atoms with Crippen LogP contribution < -0.4 is 4.74 Å². The van der Waals surface area contributed by atoms with Crippen molar-refractivity contribution in [2.24, 2.45) is 0 Å². The molecule has 2 unspecified atom stereocenters. The van der Waals surface area contributed by atoms with Crippen LogP contribution >= 0.6 is 0 Å². The molecule has 0 N–H and O–H groups in total. The van der Waals surface area contributed by atoms with Crippen LogP contribution in [0.5, 0.6) is 5.75 Å². The third-order valence-corrected chi connectivity index (χ3v) is 4.51. The molecule has 0 aliphatic carbocycles. The van der Waals surface area contributed by atoms with Crippen molar-refractivity contribution < 1.29 is 19.1 Å². The molecule has 2 aromatic rings. The Labute approximate surface area is 152 Å². The molecule has 0 saturated heterocycles. The molecule has 26 heavy (non-hydrogen) atoms. The maximum atomic E-state index is 13.1. The van der Waals surface area contributed by atoms with Gasteiger partial charge in [0.05, 0.1) is 19.3 Å². The predicted molar refractivity (Wildman–Crippen MR) is 95.9 cm³/mol. The van der Waals surface area contributed by atoms with Gasteiger partial charge in [-0.05, 0) is 32.0 Å². The summed E-state index contributed by atoms with van der Waals surface area (Å²) in [6.07, 6.45) is 2.26. The van der Waals surface area contributed by atoms with Gasteiger partial charge in [0.15, 0.2) is 6.04 Å². The first kappa shape index (κ1) is 17.9. The van der Waals surface area contributed by atoms with E-state index in [4.69, 9.17) is 9.47 Å². The van der Waals surface area contributed by atoms with Gasteiger partial charge in [-0.2, -0.15) is 0 Å². The molecule has 0 radical (unpaired) electrons. The Kier molecular flexibility index (Phi) is 5.21. The Morgan fingerprint density at radius 3 is 2.73 bits per heavy atom. The second-order valence-electron chi connectivity index (χ2n) is 6.17. The van der Waals surface area contributed by atoms with Crippen LogP contribution in [-0.2, 0) is 16.0 Å². The number of carbonyl (C=O) groups is 2. The van der Waals surface area contributed by atoms with E-state index in [0.29, 0.717) is 23.3 Å². The van der Waals surface area contributed by atoms with Crippen molar-refractivity contribution in [2.45, 2.75) is 32.4 Å². The molecule has 0 spiro atoms. The number of hydrogen-bond donors (Lipinski definition) is 0. The number of benzene rings is 1. The fraction of sp³-hybridized carbons (Fsp3) is 0.350. The summed E-state index contributed by atoms with van der Waals surface area (Å²) in [6, 6.07) is 9.94. The van der Waals surface area contributed by atoms with Crippen LogP contribution in [0, 0.1) is 0 Å². The zero-order valence-electron chi connectivity index (χ0n) is 15.1. The highest BCUT2D eigenvalue weighted by Gasteiger charge is 2.45. The van der Waals surface area contributed by atoms with E-state index in [2.05, 4.69) is 4.98 Å². The van der Waals surface area contributed by atoms with Crippen LogP contribution in [0.15, 0.2) is 42.6 Å². The number of esters is 1. The van der Waals surface area contributed by atoms with Gasteiger partial charge in [0.1, 0.15) is 5.75 Å². The molecule has 2 heterocycles. The lowest BCUT2D eigenvalue weighted by molar-refractivity contribution is -0.149. The van der Waals surface area contributed by atoms with Crippen LogP contribution in [0.4, 0.5) is 0 Å². The topological polar surface area (TPSA) is 68.7 Å². The van der Waals surface area contributed by atoms with Crippen LogP contribution in [0.25, 0.3) is 0 Å². The molecule has 1 amide bonds. The van der Waals surface area contributed by atoms with Gasteiger partial charge in [0.25, 0.3) is 5.91 Å². The minimum Gasteiger partial charge on any atom is -0.496 e. The lowest BCUT2D eigenvalue weighted by Crippen LogP contribution is -2.41. The highest BCUT2D eigenvalue weighted by Crippen LogP contribution is 2.40. The van der Waals surface area contributed by atoms with Gasteiger partial charge in [-0.1, -0.05) is 18.2 Å². The Balaban J connectivity index is 1.99. The van der Waals surface area contributed by atoms with E-state index in [1.165, 1.54) is 7.11 Å². The van der Waals surface area contributed by atoms with E-state index in [9.17, 15) is 9.59 Å². The number of carbonyl (C=O) groups excluding carboxylic acids is 2. The summed E-state index contributed by atoms with van der Waals surface area (Å²) in [5.41, 5.74) is 1.92. The molecule has 0 fully saturated rings. The number of methoxy groups -OCH3 is 1. The molecule has 0 bridgehead atoms. The number of aromatic nitrogens is 1. The summed E-state index contributed by atoms with van der Waals surface area (Å²) < 4.78 is 10.6. The SMILES string of the molecule is CCOC(=O)C1c2cccc(OC)c2C(=O)N1C(C)Cc1ccccn1. The molecular formula is C20H22N2O4. The predicted octanol–water partition coefficient (Wildman–Crippen LogP) is 2.78. The molecule has 6 nitrogen and oxygen atoms in total. The van der Waals surface area contributed by atoms with E-state index in [0.717, 1.165) is 5.69 Å². The van der Waals surface area contributed by atoms with E-state index in [-0.39, 0.29) is 18.6 Å². The van der Waals surface area contributed by atoms with Gasteiger partial charge >= 0.3 is 5.97 Å². The van der Waals surface area contributed by atoms with Gasteiger partial charge in [-0.15, -0.1) is 0 Å². The number of pyridine rings is 1. The first-order valence-electron chi connectivity index (χ1n) is 8.64. The zero-order chi connectivity index (χ0) is 18.7. The third kappa shape index (κ3) is 3.14. The molecular weight excluding hydrogens is 332 g/mol. The molecule has 1 aromatic heterocycles. The summed E-state index contributed by atoms with van der Waals surface area (Å²) in [6.45, 7) is 3.92. The Morgan fingerprint density at radius 1 is 1.27 bits per heavy atom. The highest BCUT2D eigenvalue weighted by atomic mass is 16.5. The maximum absolute atomic E-state index is 13.1. The zero-order valence-corrected chi connectivity index (χ0v) is 15.1. The number of amides is 1. The number of ether oxygens (including phenoxy) is 2. The van der Waals surface area contributed by atoms with Crippen LogP contribution in [0.1, 0.15) is 41.5 Å². The second kappa shape index (κ2) is 7.56. The van der Waals surface area contributed by atoms with Gasteiger partial charge < -0.3 is 14.4 Å². The minimum atomic E-state index is -0.772. The standard InChI is InChI=1S/C20H22N2O4/c1-4-26-20(24)18-15-9-7-10-16(25-3)17(15)19(23)22(18)13(2)12-14-8-5-6-11-21-14/h5-11,13,18H,4,12H2,1-3H3. The van der Waals surface area contributed by atoms with Crippen molar-refractivity contribution in [1.82, 2.24) is 9.88 Å². The normalized spacial score (nSPS) is 17.0. The fourth-order valence-corrected chi connectivity index (χ4v) is 3.41. The van der Waals surface area contributed by atoms with Crippen molar-refractivity contribution in [2.75, 3.05) is 13.7 Å². The summed E-state index contributed by atoms with van der Waals surface area (Å²) >= 11 is 0. The molecule has 0 saturated carbocycles. The first-order chi connectivity index (χ1) is 12.6. The Bertz CT molecular complexity index is 807. The Hall–Kier alpha value is -2.89. The summed E-state index contributed by atoms with van der Waals surface area (Å²) in [5, 5.41) is 0. The maximum Gasteiger partial charge on any atom is 0.333 e. The van der Waals surface area contributed by atoms with Crippen molar-refractivity contribution in [1.29, 1.82) is 0 Å². The average Bonchev–Trinajstić information content (AvgIpc) is 2.96. The minimum absolute atomic E-state index is 0.223. The van der Waals surface area contributed by atoms with Crippen molar-refractivity contribution in [3.05, 3.63) is 59.4 Å². The van der Waals surface area contributed by atoms with E-state index in [1.807, 2.05) is 25.1 Å². The number of hydrogen-bond acceptors (Lipinski definition) is 5. The smallest absolute Gasteiger partial charge is 0.333 e. The lowest BCUT2D eigenvalue weighted by atomic mass is 10.0. The van der Waals surface area contributed by atoms with Crippen LogP contribution in [0.2, 0.25) is 0 Å². The van der Waals surface area contributed by atoms with Gasteiger partial charge in [-0.3, -0.25) is 9.78 Å². The van der Waals surface area contributed by atoms with Gasteiger partial charge in [0.2, 0.25) is 0 Å². The fourth-order valence-electron chi connectivity index (χ4n) is 3.41. The summed E-state index contributed by atoms with van der Waals surface area (Å²) in [5.74, 6) is -0.186.